The smallest absolute Gasteiger partial charge is 0.433 e. The highest BCUT2D eigenvalue weighted by atomic mass is 19.4. The molecule has 0 bridgehead atoms. The van der Waals surface area contributed by atoms with Crippen LogP contribution in [0.25, 0.3) is 16.9 Å². The van der Waals surface area contributed by atoms with Crippen LogP contribution in [0.3, 0.4) is 0 Å². The van der Waals surface area contributed by atoms with Gasteiger partial charge in [0, 0.05) is 31.5 Å². The Morgan fingerprint density at radius 3 is 2.49 bits per heavy atom. The first-order valence-corrected chi connectivity index (χ1v) is 11.1. The predicted molar refractivity (Wildman–Crippen MR) is 130 cm³/mol. The van der Waals surface area contributed by atoms with Gasteiger partial charge in [0.25, 0.3) is 0 Å². The van der Waals surface area contributed by atoms with Gasteiger partial charge in [0.15, 0.2) is 0 Å². The van der Waals surface area contributed by atoms with E-state index in [4.69, 9.17) is 9.47 Å². The minimum absolute atomic E-state index is 0.0440. The van der Waals surface area contributed by atoms with Crippen LogP contribution in [0.2, 0.25) is 0 Å². The van der Waals surface area contributed by atoms with Crippen LogP contribution < -0.4 is 15.4 Å². The molecule has 0 aliphatic heterocycles. The molecule has 0 unspecified atom stereocenters. The molecular formula is C24H24F3N7O3. The van der Waals surface area contributed by atoms with Crippen molar-refractivity contribution in [3.8, 4) is 22.8 Å². The van der Waals surface area contributed by atoms with Gasteiger partial charge < -0.3 is 14.8 Å². The number of benzene rings is 1. The molecule has 194 valence electrons. The van der Waals surface area contributed by atoms with E-state index in [-0.39, 0.29) is 24.8 Å². The molecule has 10 nitrogen and oxygen atoms in total. The van der Waals surface area contributed by atoms with Crippen LogP contribution in [0.1, 0.15) is 11.3 Å². The largest absolute Gasteiger partial charge is 0.474 e. The fourth-order valence-electron chi connectivity index (χ4n) is 3.50. The van der Waals surface area contributed by atoms with E-state index in [1.807, 2.05) is 30.3 Å². The van der Waals surface area contributed by atoms with Gasteiger partial charge in [-0.25, -0.2) is 14.5 Å². The van der Waals surface area contributed by atoms with E-state index in [1.165, 1.54) is 7.11 Å². The van der Waals surface area contributed by atoms with Crippen molar-refractivity contribution in [3.05, 3.63) is 66.1 Å². The second-order valence-corrected chi connectivity index (χ2v) is 7.94. The molecule has 4 aromatic rings. The molecule has 2 N–H and O–H groups in total. The predicted octanol–water partition coefficient (Wildman–Crippen LogP) is 4.66. The van der Waals surface area contributed by atoms with Crippen LogP contribution in [-0.2, 0) is 18.0 Å². The summed E-state index contributed by atoms with van der Waals surface area (Å²) in [5.74, 6) is -0.0179. The number of nitrogens with zero attached hydrogens (tertiary/aromatic N) is 5. The molecule has 0 aliphatic carbocycles. The molecule has 0 spiro atoms. The van der Waals surface area contributed by atoms with Gasteiger partial charge >= 0.3 is 12.2 Å². The Kier molecular flexibility index (Phi) is 7.43. The van der Waals surface area contributed by atoms with Crippen molar-refractivity contribution >= 4 is 17.5 Å². The van der Waals surface area contributed by atoms with Crippen LogP contribution in [0.15, 0.2) is 54.9 Å². The highest BCUT2D eigenvalue weighted by molar-refractivity contribution is 6.01. The number of carbonyl (C=O) groups is 1. The summed E-state index contributed by atoms with van der Waals surface area (Å²) < 4.78 is 52.9. The van der Waals surface area contributed by atoms with Gasteiger partial charge in [-0.05, 0) is 31.2 Å². The number of hydrogen-bond donors (Lipinski definition) is 2. The molecule has 0 fully saturated rings. The van der Waals surface area contributed by atoms with E-state index in [0.717, 1.165) is 17.7 Å². The van der Waals surface area contributed by atoms with Gasteiger partial charge in [0.1, 0.15) is 29.5 Å². The van der Waals surface area contributed by atoms with Gasteiger partial charge in [-0.2, -0.15) is 23.4 Å². The Labute approximate surface area is 210 Å². The minimum atomic E-state index is -4.68. The summed E-state index contributed by atoms with van der Waals surface area (Å²) in [6.07, 6.45) is -1.22. The Morgan fingerprint density at radius 2 is 1.84 bits per heavy atom. The van der Waals surface area contributed by atoms with Gasteiger partial charge in [0.05, 0.1) is 18.5 Å². The van der Waals surface area contributed by atoms with Crippen LogP contribution in [0.4, 0.5) is 29.5 Å². The highest BCUT2D eigenvalue weighted by Crippen LogP contribution is 2.33. The van der Waals surface area contributed by atoms with Crippen molar-refractivity contribution in [2.75, 3.05) is 31.0 Å². The quantitative estimate of drug-likeness (QED) is 0.331. The van der Waals surface area contributed by atoms with Crippen molar-refractivity contribution in [2.45, 2.75) is 13.1 Å². The molecule has 2 amide bonds. The standard InChI is InChI=1S/C24H24F3N7O3/c1-15-20(16-13-28-33(2)14-16)32-34(17-7-5-4-6-8-17)21(15)31-23(35)29-18-9-10-19(24(25,26)27)30-22(18)37-12-11-36-3/h4-10,13-14H,11-12H2,1-3H3,(H2,29,31,35). The molecule has 3 aromatic heterocycles. The fraction of sp³-hybridized carbons (Fsp3) is 0.250. The van der Waals surface area contributed by atoms with Gasteiger partial charge in [-0.15, -0.1) is 0 Å². The lowest BCUT2D eigenvalue weighted by molar-refractivity contribution is -0.141. The van der Waals surface area contributed by atoms with Gasteiger partial charge in [-0.1, -0.05) is 18.2 Å². The summed E-state index contributed by atoms with van der Waals surface area (Å²) in [6, 6.07) is 10.3. The summed E-state index contributed by atoms with van der Waals surface area (Å²) in [4.78, 5) is 16.6. The lowest BCUT2D eigenvalue weighted by atomic mass is 10.1. The maximum Gasteiger partial charge on any atom is 0.433 e. The lowest BCUT2D eigenvalue weighted by Gasteiger charge is -2.15. The molecule has 3 heterocycles. The average Bonchev–Trinajstić information content (AvgIpc) is 3.43. The fourth-order valence-corrected chi connectivity index (χ4v) is 3.50. The number of aromatic nitrogens is 5. The van der Waals surface area contributed by atoms with Crippen LogP contribution in [0.5, 0.6) is 5.88 Å². The van der Waals surface area contributed by atoms with Gasteiger partial charge in [0.2, 0.25) is 5.88 Å². The highest BCUT2D eigenvalue weighted by Gasteiger charge is 2.33. The Hall–Kier alpha value is -4.39. The van der Waals surface area contributed by atoms with Crippen molar-refractivity contribution in [2.24, 2.45) is 7.05 Å². The number of urea groups is 1. The molecule has 37 heavy (non-hydrogen) atoms. The van der Waals surface area contributed by atoms with Crippen LogP contribution in [-0.4, -0.2) is 50.9 Å². The first-order valence-electron chi connectivity index (χ1n) is 11.1. The number of methoxy groups -OCH3 is 1. The molecule has 13 heteroatoms. The second kappa shape index (κ2) is 10.7. The van der Waals surface area contributed by atoms with E-state index in [9.17, 15) is 18.0 Å². The molecule has 0 aliphatic rings. The van der Waals surface area contributed by atoms with Crippen molar-refractivity contribution in [1.82, 2.24) is 24.5 Å². The third kappa shape index (κ3) is 5.89. The molecular weight excluding hydrogens is 491 g/mol. The van der Waals surface area contributed by atoms with Crippen molar-refractivity contribution in [1.29, 1.82) is 0 Å². The molecule has 1 aromatic carbocycles. The number of nitrogens with one attached hydrogen (secondary N) is 2. The average molecular weight is 515 g/mol. The number of halogens is 3. The van der Waals surface area contributed by atoms with E-state index >= 15 is 0 Å². The lowest BCUT2D eigenvalue weighted by Crippen LogP contribution is -2.23. The first-order chi connectivity index (χ1) is 17.7. The normalized spacial score (nSPS) is 11.4. The van der Waals surface area contributed by atoms with Crippen molar-refractivity contribution in [3.63, 3.8) is 0 Å². The Balaban J connectivity index is 1.65. The van der Waals surface area contributed by atoms with E-state index in [0.29, 0.717) is 22.8 Å². The topological polar surface area (TPSA) is 108 Å². The zero-order valence-corrected chi connectivity index (χ0v) is 20.2. The Morgan fingerprint density at radius 1 is 1.08 bits per heavy atom. The maximum atomic E-state index is 13.2. The summed E-state index contributed by atoms with van der Waals surface area (Å²) in [5.41, 5.74) is 1.51. The number of alkyl halides is 3. The SMILES string of the molecule is COCCOc1nc(C(F)(F)F)ccc1NC(=O)Nc1c(C)c(-c2cnn(C)c2)nn1-c1ccccc1. The summed E-state index contributed by atoms with van der Waals surface area (Å²) >= 11 is 0. The van der Waals surface area contributed by atoms with E-state index in [2.05, 4.69) is 25.8 Å². The maximum absolute atomic E-state index is 13.2. The number of carbonyl (C=O) groups excluding carboxylic acids is 1. The Bertz CT molecular complexity index is 1380. The van der Waals surface area contributed by atoms with Crippen LogP contribution >= 0.6 is 0 Å². The molecule has 0 radical (unpaired) electrons. The molecule has 0 saturated carbocycles. The zero-order chi connectivity index (χ0) is 26.6. The number of ether oxygens (including phenoxy) is 2. The first kappa shape index (κ1) is 25.7. The number of para-hydroxylation sites is 1. The number of hydrogen-bond acceptors (Lipinski definition) is 6. The summed E-state index contributed by atoms with van der Waals surface area (Å²) in [6.45, 7) is 1.86. The van der Waals surface area contributed by atoms with Crippen molar-refractivity contribution < 1.29 is 27.4 Å². The zero-order valence-electron chi connectivity index (χ0n) is 20.2. The number of aryl methyl sites for hydroxylation is 1. The number of amides is 2. The van der Waals surface area contributed by atoms with E-state index in [1.54, 1.807) is 35.7 Å². The summed E-state index contributed by atoms with van der Waals surface area (Å²) in [5, 5.41) is 14.1. The second-order valence-electron chi connectivity index (χ2n) is 7.94. The molecule has 0 saturated heterocycles. The van der Waals surface area contributed by atoms with E-state index < -0.39 is 17.9 Å². The minimum Gasteiger partial charge on any atom is -0.474 e. The third-order valence-corrected chi connectivity index (χ3v) is 5.26. The number of anilines is 2. The molecule has 0 atom stereocenters. The van der Waals surface area contributed by atoms with Crippen LogP contribution in [0, 0.1) is 6.92 Å². The third-order valence-electron chi connectivity index (χ3n) is 5.26. The summed E-state index contributed by atoms with van der Waals surface area (Å²) in [7, 11) is 3.21. The molecule has 4 rings (SSSR count). The monoisotopic (exact) mass is 515 g/mol. The van der Waals surface area contributed by atoms with Gasteiger partial charge in [-0.3, -0.25) is 10.00 Å². The number of rotatable bonds is 8. The number of pyridine rings is 1.